The highest BCUT2D eigenvalue weighted by Gasteiger charge is 2.27. The van der Waals surface area contributed by atoms with Gasteiger partial charge in [0.2, 0.25) is 0 Å². The van der Waals surface area contributed by atoms with E-state index in [1.165, 1.54) is 5.69 Å². The molecule has 1 aliphatic rings. The molecule has 21 heavy (non-hydrogen) atoms. The number of rotatable bonds is 1. The van der Waals surface area contributed by atoms with Gasteiger partial charge in [-0.2, -0.15) is 0 Å². The number of hydrogen-bond donors (Lipinski definition) is 1. The summed E-state index contributed by atoms with van der Waals surface area (Å²) >= 11 is 3.47. The average Bonchev–Trinajstić information content (AvgIpc) is 2.92. The molecule has 5 heteroatoms. The van der Waals surface area contributed by atoms with Gasteiger partial charge in [0.05, 0.1) is 6.04 Å². The van der Waals surface area contributed by atoms with Crippen molar-refractivity contribution in [1.82, 2.24) is 9.47 Å². The topological polar surface area (TPSA) is 37.3 Å². The van der Waals surface area contributed by atoms with Gasteiger partial charge in [0.25, 0.3) is 0 Å². The molecule has 0 fully saturated rings. The number of nitrogens with one attached hydrogen (secondary N) is 1. The van der Waals surface area contributed by atoms with E-state index in [0.29, 0.717) is 0 Å². The SMILES string of the molecule is Cc1cc(NC(=O)N2CCn3cccc3C2C)ccc1Br. The maximum atomic E-state index is 12.5. The molecule has 0 saturated heterocycles. The standard InChI is InChI=1S/C16H18BrN3O/c1-11-10-13(5-6-14(11)17)18-16(21)20-9-8-19-7-3-4-15(19)12(20)2/h3-7,10,12H,8-9H2,1-2H3,(H,18,21). The molecule has 110 valence electrons. The third-order valence-corrected chi connectivity index (χ3v) is 4.90. The Hall–Kier alpha value is -1.75. The molecule has 1 atom stereocenters. The van der Waals surface area contributed by atoms with Crippen LogP contribution in [0.4, 0.5) is 10.5 Å². The summed E-state index contributed by atoms with van der Waals surface area (Å²) in [6.07, 6.45) is 2.07. The first kappa shape index (κ1) is 14.2. The number of hydrogen-bond acceptors (Lipinski definition) is 1. The highest BCUT2D eigenvalue weighted by Crippen LogP contribution is 2.26. The number of aryl methyl sites for hydroxylation is 1. The van der Waals surface area contributed by atoms with Crippen molar-refractivity contribution in [2.45, 2.75) is 26.4 Å². The summed E-state index contributed by atoms with van der Waals surface area (Å²) in [5.74, 6) is 0. The van der Waals surface area contributed by atoms with Crippen molar-refractivity contribution in [3.05, 3.63) is 52.3 Å². The van der Waals surface area contributed by atoms with Crippen molar-refractivity contribution in [2.24, 2.45) is 0 Å². The Labute approximate surface area is 132 Å². The van der Waals surface area contributed by atoms with Crippen LogP contribution in [0.5, 0.6) is 0 Å². The van der Waals surface area contributed by atoms with Gasteiger partial charge in [-0.3, -0.25) is 0 Å². The summed E-state index contributed by atoms with van der Waals surface area (Å²) < 4.78 is 3.25. The number of urea groups is 1. The van der Waals surface area contributed by atoms with Crippen molar-refractivity contribution in [3.8, 4) is 0 Å². The van der Waals surface area contributed by atoms with Gasteiger partial charge >= 0.3 is 6.03 Å². The highest BCUT2D eigenvalue weighted by molar-refractivity contribution is 9.10. The Morgan fingerprint density at radius 2 is 2.14 bits per heavy atom. The molecule has 4 nitrogen and oxygen atoms in total. The molecule has 1 aliphatic heterocycles. The second kappa shape index (κ2) is 5.56. The predicted molar refractivity (Wildman–Crippen MR) is 87.5 cm³/mol. The number of fused-ring (bicyclic) bond motifs is 1. The lowest BCUT2D eigenvalue weighted by Gasteiger charge is -2.34. The lowest BCUT2D eigenvalue weighted by Crippen LogP contribution is -2.43. The Balaban J connectivity index is 1.75. The zero-order valence-electron chi connectivity index (χ0n) is 12.1. The summed E-state index contributed by atoms with van der Waals surface area (Å²) in [5, 5.41) is 2.99. The molecule has 2 amide bonds. The van der Waals surface area contributed by atoms with Crippen LogP contribution in [0.3, 0.4) is 0 Å². The van der Waals surface area contributed by atoms with Crippen molar-refractivity contribution in [1.29, 1.82) is 0 Å². The number of nitrogens with zero attached hydrogens (tertiary/aromatic N) is 2. The van der Waals surface area contributed by atoms with E-state index in [2.05, 4.69) is 45.0 Å². The van der Waals surface area contributed by atoms with E-state index in [1.807, 2.05) is 36.1 Å². The molecule has 2 heterocycles. The van der Waals surface area contributed by atoms with E-state index in [-0.39, 0.29) is 12.1 Å². The van der Waals surface area contributed by atoms with Crippen molar-refractivity contribution < 1.29 is 4.79 Å². The van der Waals surface area contributed by atoms with E-state index < -0.39 is 0 Å². The maximum absolute atomic E-state index is 12.5. The largest absolute Gasteiger partial charge is 0.348 e. The molecule has 1 aromatic heterocycles. The molecule has 2 aromatic rings. The molecule has 1 unspecified atom stereocenters. The van der Waals surface area contributed by atoms with Crippen LogP contribution in [0, 0.1) is 6.92 Å². The monoisotopic (exact) mass is 347 g/mol. The van der Waals surface area contributed by atoms with Gasteiger partial charge in [0, 0.05) is 35.1 Å². The fourth-order valence-corrected chi connectivity index (χ4v) is 3.02. The van der Waals surface area contributed by atoms with Crippen LogP contribution in [-0.4, -0.2) is 22.0 Å². The third kappa shape index (κ3) is 2.70. The van der Waals surface area contributed by atoms with Crippen molar-refractivity contribution in [2.75, 3.05) is 11.9 Å². The van der Waals surface area contributed by atoms with Crippen LogP contribution in [0.25, 0.3) is 0 Å². The van der Waals surface area contributed by atoms with Crippen LogP contribution in [0.15, 0.2) is 41.0 Å². The van der Waals surface area contributed by atoms with Gasteiger partial charge in [-0.25, -0.2) is 4.79 Å². The Morgan fingerprint density at radius 1 is 1.33 bits per heavy atom. The lowest BCUT2D eigenvalue weighted by atomic mass is 10.1. The van der Waals surface area contributed by atoms with E-state index in [4.69, 9.17) is 0 Å². The van der Waals surface area contributed by atoms with Crippen LogP contribution in [0.1, 0.15) is 24.2 Å². The average molecular weight is 348 g/mol. The summed E-state index contributed by atoms with van der Waals surface area (Å²) in [4.78, 5) is 14.4. The molecule has 1 aromatic carbocycles. The molecule has 0 bridgehead atoms. The predicted octanol–water partition coefficient (Wildman–Crippen LogP) is 4.17. The first-order valence-corrected chi connectivity index (χ1v) is 7.84. The fourth-order valence-electron chi connectivity index (χ4n) is 2.77. The van der Waals surface area contributed by atoms with Crippen LogP contribution in [0.2, 0.25) is 0 Å². The zero-order chi connectivity index (χ0) is 15.0. The number of anilines is 1. The number of benzene rings is 1. The second-order valence-corrected chi connectivity index (χ2v) is 6.24. The van der Waals surface area contributed by atoms with Crippen LogP contribution in [-0.2, 0) is 6.54 Å². The minimum Gasteiger partial charge on any atom is -0.348 e. The first-order chi connectivity index (χ1) is 10.1. The minimum absolute atomic E-state index is 0.0447. The Kier molecular flexibility index (Phi) is 3.76. The normalized spacial score (nSPS) is 17.5. The van der Waals surface area contributed by atoms with Crippen molar-refractivity contribution >= 4 is 27.6 Å². The van der Waals surface area contributed by atoms with Gasteiger partial charge in [-0.15, -0.1) is 0 Å². The summed E-state index contributed by atoms with van der Waals surface area (Å²) in [6.45, 7) is 5.65. The highest BCUT2D eigenvalue weighted by atomic mass is 79.9. The molecular formula is C16H18BrN3O. The summed E-state index contributed by atoms with van der Waals surface area (Å²) in [7, 11) is 0. The van der Waals surface area contributed by atoms with E-state index in [9.17, 15) is 4.79 Å². The van der Waals surface area contributed by atoms with E-state index in [0.717, 1.165) is 28.8 Å². The van der Waals surface area contributed by atoms with Gasteiger partial charge in [-0.05, 0) is 49.7 Å². The zero-order valence-corrected chi connectivity index (χ0v) is 13.7. The first-order valence-electron chi connectivity index (χ1n) is 7.05. The number of carbonyl (C=O) groups excluding carboxylic acids is 1. The third-order valence-electron chi connectivity index (χ3n) is 4.01. The fraction of sp³-hybridized carbons (Fsp3) is 0.312. The molecule has 3 rings (SSSR count). The summed E-state index contributed by atoms with van der Waals surface area (Å²) in [5.41, 5.74) is 3.12. The second-order valence-electron chi connectivity index (χ2n) is 5.39. The smallest absolute Gasteiger partial charge is 0.322 e. The Bertz CT molecular complexity index is 680. The molecule has 0 radical (unpaired) electrons. The summed E-state index contributed by atoms with van der Waals surface area (Å²) in [6, 6.07) is 9.99. The number of amides is 2. The quantitative estimate of drug-likeness (QED) is 0.825. The van der Waals surface area contributed by atoms with E-state index >= 15 is 0 Å². The number of halogens is 1. The van der Waals surface area contributed by atoms with Crippen LogP contribution >= 0.6 is 15.9 Å². The molecule has 0 spiro atoms. The number of carbonyl (C=O) groups is 1. The van der Waals surface area contributed by atoms with Gasteiger partial charge in [-0.1, -0.05) is 15.9 Å². The lowest BCUT2D eigenvalue weighted by molar-refractivity contribution is 0.175. The molecular weight excluding hydrogens is 330 g/mol. The van der Waals surface area contributed by atoms with Crippen molar-refractivity contribution in [3.63, 3.8) is 0 Å². The molecule has 1 N–H and O–H groups in total. The van der Waals surface area contributed by atoms with Gasteiger partial charge in [0.15, 0.2) is 0 Å². The van der Waals surface area contributed by atoms with Gasteiger partial charge in [0.1, 0.15) is 0 Å². The van der Waals surface area contributed by atoms with E-state index in [1.54, 1.807) is 0 Å². The molecule has 0 saturated carbocycles. The Morgan fingerprint density at radius 3 is 2.90 bits per heavy atom. The van der Waals surface area contributed by atoms with Gasteiger partial charge < -0.3 is 14.8 Å². The molecule has 0 aliphatic carbocycles. The minimum atomic E-state index is -0.0447. The maximum Gasteiger partial charge on any atom is 0.322 e. The number of aromatic nitrogens is 1. The van der Waals surface area contributed by atoms with Crippen LogP contribution < -0.4 is 5.32 Å².